The van der Waals surface area contributed by atoms with Crippen molar-refractivity contribution in [3.05, 3.63) is 46.0 Å². The Morgan fingerprint density at radius 3 is 2.73 bits per heavy atom. The second-order valence-electron chi connectivity index (χ2n) is 7.55. The Kier molecular flexibility index (Phi) is 6.84. The molecule has 1 aliphatic carbocycles. The van der Waals surface area contributed by atoms with E-state index in [1.807, 2.05) is 37.3 Å². The van der Waals surface area contributed by atoms with Crippen LogP contribution >= 0.6 is 23.1 Å². The average molecular weight is 442 g/mol. The van der Waals surface area contributed by atoms with Gasteiger partial charge in [-0.15, -0.1) is 21.5 Å². The van der Waals surface area contributed by atoms with E-state index < -0.39 is 0 Å². The van der Waals surface area contributed by atoms with Crippen molar-refractivity contribution >= 4 is 29.0 Å². The highest BCUT2D eigenvalue weighted by atomic mass is 32.2. The molecule has 4 rings (SSSR count). The highest BCUT2D eigenvalue weighted by Crippen LogP contribution is 2.33. The maximum Gasteiger partial charge on any atom is 0.263 e. The number of hydrogen-bond acceptors (Lipinski definition) is 6. The number of aromatic nitrogens is 4. The van der Waals surface area contributed by atoms with E-state index in [-0.39, 0.29) is 5.91 Å². The van der Waals surface area contributed by atoms with Crippen LogP contribution in [0.15, 0.2) is 35.5 Å². The van der Waals surface area contributed by atoms with Gasteiger partial charge in [0.05, 0.1) is 10.7 Å². The third-order valence-corrected chi connectivity index (χ3v) is 7.07. The number of aryl methyl sites for hydroxylation is 2. The number of nitrogens with zero attached hydrogens (tertiary/aromatic N) is 4. The third kappa shape index (κ3) is 4.59. The van der Waals surface area contributed by atoms with Crippen LogP contribution < -0.4 is 5.32 Å². The molecule has 1 saturated carbocycles. The van der Waals surface area contributed by atoms with Crippen LogP contribution in [0.4, 0.5) is 0 Å². The largest absolute Gasteiger partial charge is 0.351 e. The lowest BCUT2D eigenvalue weighted by atomic mass is 10.1. The zero-order valence-electron chi connectivity index (χ0n) is 17.4. The fourth-order valence-corrected chi connectivity index (χ4v) is 5.48. The first kappa shape index (κ1) is 21.1. The molecule has 0 unspecified atom stereocenters. The summed E-state index contributed by atoms with van der Waals surface area (Å²) >= 11 is 3.11. The molecular weight excluding hydrogens is 414 g/mol. The monoisotopic (exact) mass is 441 g/mol. The van der Waals surface area contributed by atoms with Gasteiger partial charge < -0.3 is 9.88 Å². The van der Waals surface area contributed by atoms with E-state index >= 15 is 0 Å². The van der Waals surface area contributed by atoms with E-state index in [4.69, 9.17) is 0 Å². The predicted molar refractivity (Wildman–Crippen MR) is 122 cm³/mol. The summed E-state index contributed by atoms with van der Waals surface area (Å²) < 4.78 is 2.33. The van der Waals surface area contributed by atoms with Crippen LogP contribution in [0.2, 0.25) is 0 Å². The minimum Gasteiger partial charge on any atom is -0.351 e. The Labute approximate surface area is 185 Å². The molecule has 0 bridgehead atoms. The molecule has 1 fully saturated rings. The number of hydrogen-bond donors (Lipinski definition) is 1. The molecule has 0 aliphatic heterocycles. The predicted octanol–water partition coefficient (Wildman–Crippen LogP) is 4.91. The molecule has 0 spiro atoms. The van der Waals surface area contributed by atoms with Crippen molar-refractivity contribution in [2.24, 2.45) is 0 Å². The smallest absolute Gasteiger partial charge is 0.263 e. The molecule has 30 heavy (non-hydrogen) atoms. The number of nitrogens with one attached hydrogen (secondary N) is 1. The average Bonchev–Trinajstić information content (AvgIpc) is 3.50. The lowest BCUT2D eigenvalue weighted by molar-refractivity contribution is 0.0957. The van der Waals surface area contributed by atoms with Gasteiger partial charge in [-0.3, -0.25) is 4.79 Å². The molecular formula is C22H27N5OS2. The van der Waals surface area contributed by atoms with Gasteiger partial charge >= 0.3 is 0 Å². The summed E-state index contributed by atoms with van der Waals surface area (Å²) in [4.78, 5) is 18.1. The van der Waals surface area contributed by atoms with Crippen molar-refractivity contribution < 1.29 is 4.79 Å². The molecule has 1 aromatic carbocycles. The van der Waals surface area contributed by atoms with Gasteiger partial charge in [0.1, 0.15) is 10.7 Å². The summed E-state index contributed by atoms with van der Waals surface area (Å²) in [5, 5.41) is 13.8. The lowest BCUT2D eigenvalue weighted by Gasteiger charge is -2.16. The Bertz CT molecular complexity index is 992. The van der Waals surface area contributed by atoms with Gasteiger partial charge in [-0.25, -0.2) is 4.98 Å². The van der Waals surface area contributed by atoms with Gasteiger partial charge in [0.25, 0.3) is 5.91 Å². The molecule has 0 radical (unpaired) electrons. The van der Waals surface area contributed by atoms with E-state index in [0.717, 1.165) is 40.1 Å². The maximum absolute atomic E-state index is 12.8. The SMILES string of the molecule is CSc1nnc(CCCNC(=O)c2sc(C)nc2-c2ccccc2)n1C1CCCC1. The van der Waals surface area contributed by atoms with Crippen LogP contribution in [0.5, 0.6) is 0 Å². The van der Waals surface area contributed by atoms with Crippen LogP contribution in [-0.2, 0) is 6.42 Å². The summed E-state index contributed by atoms with van der Waals surface area (Å²) in [7, 11) is 0. The Balaban J connectivity index is 1.37. The molecule has 0 saturated heterocycles. The van der Waals surface area contributed by atoms with Crippen LogP contribution in [0.3, 0.4) is 0 Å². The summed E-state index contributed by atoms with van der Waals surface area (Å²) in [5.41, 5.74) is 1.74. The number of rotatable bonds is 8. The molecule has 8 heteroatoms. The van der Waals surface area contributed by atoms with Crippen molar-refractivity contribution in [3.8, 4) is 11.3 Å². The summed E-state index contributed by atoms with van der Waals surface area (Å²) in [6.07, 6.45) is 8.70. The van der Waals surface area contributed by atoms with Crippen molar-refractivity contribution in [1.29, 1.82) is 0 Å². The van der Waals surface area contributed by atoms with E-state index in [0.29, 0.717) is 17.5 Å². The molecule has 2 aromatic heterocycles. The lowest BCUT2D eigenvalue weighted by Crippen LogP contribution is -2.25. The first-order chi connectivity index (χ1) is 14.7. The number of carbonyl (C=O) groups is 1. The summed E-state index contributed by atoms with van der Waals surface area (Å²) in [6.45, 7) is 2.54. The molecule has 0 atom stereocenters. The quantitative estimate of drug-likeness (QED) is 0.397. The molecule has 1 amide bonds. The van der Waals surface area contributed by atoms with E-state index in [1.54, 1.807) is 11.8 Å². The molecule has 6 nitrogen and oxygen atoms in total. The van der Waals surface area contributed by atoms with Gasteiger partial charge in [-0.1, -0.05) is 54.9 Å². The number of amides is 1. The molecule has 1 aliphatic rings. The van der Waals surface area contributed by atoms with Crippen molar-refractivity contribution in [2.45, 2.75) is 56.6 Å². The second-order valence-corrected chi connectivity index (χ2v) is 9.52. The standard InChI is InChI=1S/C22H27N5OS2/c1-15-24-19(16-9-4-3-5-10-16)20(30-15)21(28)23-14-8-13-18-25-26-22(29-2)27(18)17-11-6-7-12-17/h3-5,9-10,17H,6-8,11-14H2,1-2H3,(H,23,28). The first-order valence-electron chi connectivity index (χ1n) is 10.5. The van der Waals surface area contributed by atoms with Crippen LogP contribution in [-0.4, -0.2) is 38.5 Å². The van der Waals surface area contributed by atoms with Gasteiger partial charge in [-0.2, -0.15) is 0 Å². The number of thioether (sulfide) groups is 1. The third-order valence-electron chi connectivity index (χ3n) is 5.46. The fraction of sp³-hybridized carbons (Fsp3) is 0.455. The zero-order chi connectivity index (χ0) is 20.9. The Morgan fingerprint density at radius 2 is 2.00 bits per heavy atom. The number of thiazole rings is 1. The van der Waals surface area contributed by atoms with Gasteiger partial charge in [-0.05, 0) is 32.4 Å². The minimum atomic E-state index is -0.0542. The molecule has 1 N–H and O–H groups in total. The molecule has 3 aromatic rings. The first-order valence-corrected chi connectivity index (χ1v) is 12.5. The second kappa shape index (κ2) is 9.75. The molecule has 2 heterocycles. The minimum absolute atomic E-state index is 0.0542. The number of carbonyl (C=O) groups excluding carboxylic acids is 1. The Hall–Kier alpha value is -2.19. The highest BCUT2D eigenvalue weighted by molar-refractivity contribution is 7.98. The van der Waals surface area contributed by atoms with Gasteiger partial charge in [0.2, 0.25) is 0 Å². The fourth-order valence-electron chi connectivity index (χ4n) is 4.05. The highest BCUT2D eigenvalue weighted by Gasteiger charge is 2.23. The van der Waals surface area contributed by atoms with Crippen LogP contribution in [0.1, 0.15) is 58.6 Å². The van der Waals surface area contributed by atoms with Crippen LogP contribution in [0, 0.1) is 6.92 Å². The zero-order valence-corrected chi connectivity index (χ0v) is 19.1. The van der Waals surface area contributed by atoms with Crippen LogP contribution in [0.25, 0.3) is 11.3 Å². The summed E-state index contributed by atoms with van der Waals surface area (Å²) in [5.74, 6) is 0.987. The van der Waals surface area contributed by atoms with E-state index in [1.165, 1.54) is 37.0 Å². The maximum atomic E-state index is 12.8. The van der Waals surface area contributed by atoms with Crippen molar-refractivity contribution in [1.82, 2.24) is 25.1 Å². The topological polar surface area (TPSA) is 72.7 Å². The molecule has 158 valence electrons. The Morgan fingerprint density at radius 1 is 1.23 bits per heavy atom. The van der Waals surface area contributed by atoms with Gasteiger partial charge in [0, 0.05) is 24.6 Å². The van der Waals surface area contributed by atoms with Crippen molar-refractivity contribution in [3.63, 3.8) is 0 Å². The van der Waals surface area contributed by atoms with Crippen molar-refractivity contribution in [2.75, 3.05) is 12.8 Å². The normalized spacial score (nSPS) is 14.3. The summed E-state index contributed by atoms with van der Waals surface area (Å²) in [6, 6.07) is 10.4. The van der Waals surface area contributed by atoms with E-state index in [2.05, 4.69) is 31.3 Å². The van der Waals surface area contributed by atoms with Gasteiger partial charge in [0.15, 0.2) is 5.16 Å². The number of benzene rings is 1. The van der Waals surface area contributed by atoms with E-state index in [9.17, 15) is 4.79 Å².